The summed E-state index contributed by atoms with van der Waals surface area (Å²) < 4.78 is 5.43. The lowest BCUT2D eigenvalue weighted by atomic mass is 9.92. The summed E-state index contributed by atoms with van der Waals surface area (Å²) in [7, 11) is 0. The molecule has 0 radical (unpaired) electrons. The second kappa shape index (κ2) is 13.2. The molecule has 8 heteroatoms. The van der Waals surface area contributed by atoms with Crippen molar-refractivity contribution in [3.8, 4) is 0 Å². The van der Waals surface area contributed by atoms with Crippen LogP contribution in [0.5, 0.6) is 0 Å². The summed E-state index contributed by atoms with van der Waals surface area (Å²) in [5, 5.41) is 5.84. The number of aryl methyl sites for hydroxylation is 2. The minimum Gasteiger partial charge on any atom is -0.444 e. The zero-order valence-corrected chi connectivity index (χ0v) is 24.0. The van der Waals surface area contributed by atoms with Crippen molar-refractivity contribution in [2.75, 3.05) is 18.6 Å². The number of carbonyl (C=O) groups excluding carboxylic acids is 3. The third kappa shape index (κ3) is 10.1. The minimum absolute atomic E-state index is 0.238. The summed E-state index contributed by atoms with van der Waals surface area (Å²) in [6.07, 6.45) is 2.41. The Morgan fingerprint density at radius 2 is 1.63 bits per heavy atom. The molecule has 1 aromatic rings. The van der Waals surface area contributed by atoms with Gasteiger partial charge in [-0.3, -0.25) is 9.59 Å². The molecular weight excluding hydrogens is 462 g/mol. The van der Waals surface area contributed by atoms with E-state index in [1.807, 2.05) is 66.0 Å². The van der Waals surface area contributed by atoms with Crippen LogP contribution >= 0.6 is 11.8 Å². The van der Waals surface area contributed by atoms with E-state index in [0.29, 0.717) is 25.1 Å². The minimum atomic E-state index is -0.819. The van der Waals surface area contributed by atoms with Gasteiger partial charge in [-0.2, -0.15) is 11.8 Å². The fraction of sp³-hybridized carbons (Fsp3) is 0.667. The number of hydrogen-bond acceptors (Lipinski definition) is 5. The number of alkyl carbamates (subject to hydrolysis) is 1. The van der Waals surface area contributed by atoms with Crippen LogP contribution in [0.3, 0.4) is 0 Å². The number of benzene rings is 1. The lowest BCUT2D eigenvalue weighted by molar-refractivity contribution is -0.143. The number of carbonyl (C=O) groups is 3. The Hall–Kier alpha value is -2.22. The molecule has 0 spiro atoms. The molecule has 2 atom stereocenters. The number of rotatable bonds is 10. The maximum absolute atomic E-state index is 14.0. The summed E-state index contributed by atoms with van der Waals surface area (Å²) in [4.78, 5) is 41.9. The van der Waals surface area contributed by atoms with Crippen LogP contribution in [-0.2, 0) is 14.3 Å². The molecule has 0 aliphatic carbocycles. The summed E-state index contributed by atoms with van der Waals surface area (Å²) >= 11 is 1.59. The molecule has 0 bridgehead atoms. The van der Waals surface area contributed by atoms with Crippen LogP contribution in [0.25, 0.3) is 0 Å². The zero-order valence-electron chi connectivity index (χ0n) is 23.2. The van der Waals surface area contributed by atoms with Gasteiger partial charge in [0.2, 0.25) is 11.8 Å². The van der Waals surface area contributed by atoms with Gasteiger partial charge in [0.05, 0.1) is 0 Å². The number of hydrogen-bond donors (Lipinski definition) is 2. The van der Waals surface area contributed by atoms with Crippen LogP contribution in [0.2, 0.25) is 0 Å². The van der Waals surface area contributed by atoms with Crippen LogP contribution < -0.4 is 10.6 Å². The van der Waals surface area contributed by atoms with E-state index in [2.05, 4.69) is 10.6 Å². The largest absolute Gasteiger partial charge is 0.444 e. The smallest absolute Gasteiger partial charge is 0.408 e. The SMILES string of the molecule is CCCN(C(=O)C(CCSC)NC(=O)OC(C)(C)C)C(C(=O)NC(C)(C)C)c1c(C)cccc1C. The Morgan fingerprint density at radius 1 is 1.06 bits per heavy atom. The lowest BCUT2D eigenvalue weighted by Gasteiger charge is -2.37. The molecule has 1 rings (SSSR count). The van der Waals surface area contributed by atoms with Gasteiger partial charge in [-0.15, -0.1) is 0 Å². The van der Waals surface area contributed by atoms with Crippen molar-refractivity contribution in [3.63, 3.8) is 0 Å². The predicted octanol–water partition coefficient (Wildman–Crippen LogP) is 5.14. The Bertz CT molecular complexity index is 854. The molecular formula is C27H45N3O4S. The van der Waals surface area contributed by atoms with Gasteiger partial charge in [0.15, 0.2) is 0 Å². The third-order valence-electron chi connectivity index (χ3n) is 5.22. The third-order valence-corrected chi connectivity index (χ3v) is 5.87. The molecule has 0 aliphatic heterocycles. The Labute approximate surface area is 216 Å². The van der Waals surface area contributed by atoms with Gasteiger partial charge >= 0.3 is 6.09 Å². The molecule has 0 fully saturated rings. The van der Waals surface area contributed by atoms with Crippen molar-refractivity contribution < 1.29 is 19.1 Å². The summed E-state index contributed by atoms with van der Waals surface area (Å²) in [6, 6.07) is 4.24. The number of nitrogens with one attached hydrogen (secondary N) is 2. The Balaban J connectivity index is 3.53. The van der Waals surface area contributed by atoms with E-state index in [9.17, 15) is 14.4 Å². The van der Waals surface area contributed by atoms with E-state index in [0.717, 1.165) is 16.7 Å². The molecule has 35 heavy (non-hydrogen) atoms. The zero-order chi connectivity index (χ0) is 27.0. The van der Waals surface area contributed by atoms with E-state index in [4.69, 9.17) is 4.74 Å². The molecule has 1 aromatic carbocycles. The first-order valence-corrected chi connectivity index (χ1v) is 13.7. The first kappa shape index (κ1) is 30.8. The fourth-order valence-corrected chi connectivity index (χ4v) is 4.35. The van der Waals surface area contributed by atoms with Crippen LogP contribution in [0, 0.1) is 13.8 Å². The van der Waals surface area contributed by atoms with Gasteiger partial charge in [0.1, 0.15) is 17.7 Å². The van der Waals surface area contributed by atoms with E-state index in [1.165, 1.54) is 0 Å². The number of thioether (sulfide) groups is 1. The summed E-state index contributed by atoms with van der Waals surface area (Å²) in [5.74, 6) is 0.148. The van der Waals surface area contributed by atoms with Gasteiger partial charge in [-0.05, 0) is 96.9 Å². The van der Waals surface area contributed by atoms with Gasteiger partial charge in [-0.1, -0.05) is 25.1 Å². The van der Waals surface area contributed by atoms with E-state index in [1.54, 1.807) is 37.4 Å². The molecule has 0 heterocycles. The van der Waals surface area contributed by atoms with Gasteiger partial charge in [0, 0.05) is 12.1 Å². The van der Waals surface area contributed by atoms with E-state index in [-0.39, 0.29) is 11.8 Å². The topological polar surface area (TPSA) is 87.7 Å². The van der Waals surface area contributed by atoms with Crippen molar-refractivity contribution in [2.24, 2.45) is 0 Å². The average Bonchev–Trinajstić information content (AvgIpc) is 2.69. The second-order valence-electron chi connectivity index (χ2n) is 11.0. The maximum atomic E-state index is 14.0. The Morgan fingerprint density at radius 3 is 2.09 bits per heavy atom. The maximum Gasteiger partial charge on any atom is 0.408 e. The average molecular weight is 508 g/mol. The highest BCUT2D eigenvalue weighted by Crippen LogP contribution is 2.29. The summed E-state index contributed by atoms with van der Waals surface area (Å²) in [5.41, 5.74) is 1.53. The van der Waals surface area contributed by atoms with Gasteiger partial charge in [0.25, 0.3) is 0 Å². The molecule has 198 valence electrons. The number of nitrogens with zero attached hydrogens (tertiary/aromatic N) is 1. The molecule has 0 aliphatic rings. The molecule has 3 amide bonds. The van der Waals surface area contributed by atoms with Crippen LogP contribution in [-0.4, -0.2) is 58.5 Å². The first-order valence-electron chi connectivity index (χ1n) is 12.3. The molecule has 2 unspecified atom stereocenters. The van der Waals surface area contributed by atoms with Crippen molar-refractivity contribution >= 4 is 29.7 Å². The standard InChI is InChI=1S/C27H45N3O4S/c1-11-16-30(24(32)20(15-17-35-10)28-25(33)34-27(7,8)9)22(23(31)29-26(4,5)6)21-18(2)13-12-14-19(21)3/h12-14,20,22H,11,15-17H2,1-10H3,(H,28,33)(H,29,31). The molecule has 0 saturated carbocycles. The highest BCUT2D eigenvalue weighted by Gasteiger charge is 2.38. The van der Waals surface area contributed by atoms with Gasteiger partial charge < -0.3 is 20.3 Å². The number of amides is 3. The normalized spacial score (nSPS) is 13.5. The van der Waals surface area contributed by atoms with Crippen molar-refractivity contribution in [2.45, 2.75) is 98.4 Å². The highest BCUT2D eigenvalue weighted by molar-refractivity contribution is 7.98. The van der Waals surface area contributed by atoms with Crippen molar-refractivity contribution in [1.29, 1.82) is 0 Å². The summed E-state index contributed by atoms with van der Waals surface area (Å²) in [6.45, 7) is 17.4. The first-order chi connectivity index (χ1) is 16.1. The number of ether oxygens (including phenoxy) is 1. The second-order valence-corrected chi connectivity index (χ2v) is 11.9. The van der Waals surface area contributed by atoms with E-state index < -0.39 is 29.3 Å². The van der Waals surface area contributed by atoms with E-state index >= 15 is 0 Å². The molecule has 7 nitrogen and oxygen atoms in total. The molecule has 0 aromatic heterocycles. The van der Waals surface area contributed by atoms with Crippen molar-refractivity contribution in [3.05, 3.63) is 34.9 Å². The van der Waals surface area contributed by atoms with Crippen LogP contribution in [0.15, 0.2) is 18.2 Å². The van der Waals surface area contributed by atoms with Gasteiger partial charge in [-0.25, -0.2) is 4.79 Å². The predicted molar refractivity (Wildman–Crippen MR) is 145 cm³/mol. The molecule has 2 N–H and O–H groups in total. The lowest BCUT2D eigenvalue weighted by Crippen LogP contribution is -2.55. The fourth-order valence-electron chi connectivity index (χ4n) is 3.88. The quantitative estimate of drug-likeness (QED) is 0.458. The molecule has 0 saturated heterocycles. The highest BCUT2D eigenvalue weighted by atomic mass is 32.2. The van der Waals surface area contributed by atoms with Crippen LogP contribution in [0.1, 0.15) is 84.0 Å². The monoisotopic (exact) mass is 507 g/mol. The Kier molecular flexibility index (Phi) is 11.6. The van der Waals surface area contributed by atoms with Crippen molar-refractivity contribution in [1.82, 2.24) is 15.5 Å². The van der Waals surface area contributed by atoms with Crippen LogP contribution in [0.4, 0.5) is 4.79 Å².